The quantitative estimate of drug-likeness (QED) is 0.389. The molecule has 0 bridgehead atoms. The molecule has 0 amide bonds. The molecule has 4 aromatic rings. The standard InChI is InChI=1S/C23H22F2N6S/c1-14-27-9-15(10-28-14)20-8-21(31-13-30-20)29-11-16(12-32-2)17-4-3-5-18-19(23(24)25)6-7-26-22(17)18/h3-10,13,16,23H,11-12H2,1-2H3,(H,29,30,31). The highest BCUT2D eigenvalue weighted by Crippen LogP contribution is 2.32. The summed E-state index contributed by atoms with van der Waals surface area (Å²) in [5.41, 5.74) is 3.09. The van der Waals surface area contributed by atoms with Crippen LogP contribution in [-0.2, 0) is 0 Å². The fourth-order valence-corrected chi connectivity index (χ4v) is 4.26. The SMILES string of the molecule is CSCC(CNc1cc(-c2cnc(C)nc2)ncn1)c1cccc2c(C(F)F)ccnc12. The van der Waals surface area contributed by atoms with Crippen molar-refractivity contribution >= 4 is 28.5 Å². The lowest BCUT2D eigenvalue weighted by Gasteiger charge is -2.20. The van der Waals surface area contributed by atoms with Crippen LogP contribution in [0.4, 0.5) is 14.6 Å². The van der Waals surface area contributed by atoms with Crippen LogP contribution >= 0.6 is 11.8 Å². The number of anilines is 1. The van der Waals surface area contributed by atoms with Crippen LogP contribution in [0.3, 0.4) is 0 Å². The topological polar surface area (TPSA) is 76.5 Å². The number of rotatable bonds is 8. The lowest BCUT2D eigenvalue weighted by atomic mass is 9.96. The van der Waals surface area contributed by atoms with Crippen molar-refractivity contribution in [1.82, 2.24) is 24.9 Å². The third kappa shape index (κ3) is 4.83. The third-order valence-electron chi connectivity index (χ3n) is 5.15. The number of hydrogen-bond donors (Lipinski definition) is 1. The Bertz CT molecular complexity index is 1200. The first-order valence-corrected chi connectivity index (χ1v) is 11.5. The van der Waals surface area contributed by atoms with Crippen molar-refractivity contribution in [3.8, 4) is 11.3 Å². The van der Waals surface area contributed by atoms with E-state index in [1.54, 1.807) is 30.2 Å². The number of nitrogens with one attached hydrogen (secondary N) is 1. The molecule has 0 aliphatic rings. The second-order valence-electron chi connectivity index (χ2n) is 7.28. The molecule has 0 saturated heterocycles. The first-order valence-electron chi connectivity index (χ1n) is 10.1. The summed E-state index contributed by atoms with van der Waals surface area (Å²) in [6.07, 6.45) is 5.89. The van der Waals surface area contributed by atoms with Gasteiger partial charge in [0.15, 0.2) is 0 Å². The Kier molecular flexibility index (Phi) is 6.84. The van der Waals surface area contributed by atoms with Gasteiger partial charge in [-0.3, -0.25) is 4.98 Å². The van der Waals surface area contributed by atoms with Crippen molar-refractivity contribution in [2.75, 3.05) is 23.9 Å². The molecule has 3 aromatic heterocycles. The Balaban J connectivity index is 1.60. The Morgan fingerprint density at radius 1 is 1.00 bits per heavy atom. The summed E-state index contributed by atoms with van der Waals surface area (Å²) >= 11 is 1.69. The van der Waals surface area contributed by atoms with Crippen molar-refractivity contribution in [2.45, 2.75) is 19.3 Å². The summed E-state index contributed by atoms with van der Waals surface area (Å²) in [5.74, 6) is 2.22. The highest BCUT2D eigenvalue weighted by Gasteiger charge is 2.19. The van der Waals surface area contributed by atoms with Gasteiger partial charge in [-0.1, -0.05) is 18.2 Å². The predicted octanol–water partition coefficient (Wildman–Crippen LogP) is 5.29. The van der Waals surface area contributed by atoms with Gasteiger partial charge < -0.3 is 5.32 Å². The van der Waals surface area contributed by atoms with E-state index in [0.717, 1.165) is 22.6 Å². The average Bonchev–Trinajstić information content (AvgIpc) is 2.81. The van der Waals surface area contributed by atoms with E-state index in [1.165, 1.54) is 18.6 Å². The molecule has 6 nitrogen and oxygen atoms in total. The van der Waals surface area contributed by atoms with Gasteiger partial charge in [0.2, 0.25) is 0 Å². The number of aromatic nitrogens is 5. The number of aryl methyl sites for hydroxylation is 1. The zero-order valence-corrected chi connectivity index (χ0v) is 18.5. The maximum Gasteiger partial charge on any atom is 0.264 e. The van der Waals surface area contributed by atoms with Gasteiger partial charge in [0, 0.05) is 59.4 Å². The minimum atomic E-state index is -2.54. The first-order chi connectivity index (χ1) is 15.6. The molecule has 4 rings (SSSR count). The van der Waals surface area contributed by atoms with E-state index < -0.39 is 6.43 Å². The summed E-state index contributed by atoms with van der Waals surface area (Å²) < 4.78 is 27.0. The maximum absolute atomic E-state index is 13.5. The average molecular weight is 453 g/mol. The molecule has 32 heavy (non-hydrogen) atoms. The molecule has 3 heterocycles. The summed E-state index contributed by atoms with van der Waals surface area (Å²) in [6, 6.07) is 8.72. The summed E-state index contributed by atoms with van der Waals surface area (Å²) in [7, 11) is 0. The van der Waals surface area contributed by atoms with Gasteiger partial charge in [-0.05, 0) is 24.8 Å². The van der Waals surface area contributed by atoms with Crippen molar-refractivity contribution < 1.29 is 8.78 Å². The molecule has 0 spiro atoms. The summed E-state index contributed by atoms with van der Waals surface area (Å²) in [4.78, 5) is 21.5. The van der Waals surface area contributed by atoms with Crippen LogP contribution in [0, 0.1) is 6.92 Å². The van der Waals surface area contributed by atoms with Crippen LogP contribution in [0.15, 0.2) is 55.2 Å². The van der Waals surface area contributed by atoms with Gasteiger partial charge in [-0.15, -0.1) is 0 Å². The Labute approximate surface area is 189 Å². The highest BCUT2D eigenvalue weighted by atomic mass is 32.2. The first kappa shape index (κ1) is 22.0. The highest BCUT2D eigenvalue weighted by molar-refractivity contribution is 7.98. The molecule has 164 valence electrons. The number of para-hydroxylation sites is 1. The fraction of sp³-hybridized carbons (Fsp3) is 0.261. The largest absolute Gasteiger partial charge is 0.369 e. The molecule has 1 aromatic carbocycles. The number of hydrogen-bond acceptors (Lipinski definition) is 7. The zero-order valence-electron chi connectivity index (χ0n) is 17.7. The number of halogens is 2. The molecule has 0 fully saturated rings. The van der Waals surface area contributed by atoms with E-state index in [9.17, 15) is 8.78 Å². The van der Waals surface area contributed by atoms with E-state index >= 15 is 0 Å². The lowest BCUT2D eigenvalue weighted by Crippen LogP contribution is -2.16. The fourth-order valence-electron chi connectivity index (χ4n) is 3.56. The number of thioether (sulfide) groups is 1. The van der Waals surface area contributed by atoms with E-state index in [0.29, 0.717) is 29.1 Å². The number of alkyl halides is 2. The van der Waals surface area contributed by atoms with Gasteiger partial charge in [0.25, 0.3) is 6.43 Å². The van der Waals surface area contributed by atoms with Gasteiger partial charge in [-0.2, -0.15) is 11.8 Å². The maximum atomic E-state index is 13.5. The monoisotopic (exact) mass is 452 g/mol. The van der Waals surface area contributed by atoms with E-state index in [1.807, 2.05) is 31.4 Å². The van der Waals surface area contributed by atoms with Crippen molar-refractivity contribution in [1.29, 1.82) is 0 Å². The van der Waals surface area contributed by atoms with Crippen LogP contribution < -0.4 is 5.32 Å². The van der Waals surface area contributed by atoms with E-state index in [4.69, 9.17) is 0 Å². The number of fused-ring (bicyclic) bond motifs is 1. The number of pyridine rings is 1. The third-order valence-corrected chi connectivity index (χ3v) is 5.89. The molecule has 0 aliphatic carbocycles. The normalized spacial score (nSPS) is 12.3. The van der Waals surface area contributed by atoms with E-state index in [-0.39, 0.29) is 11.5 Å². The van der Waals surface area contributed by atoms with Gasteiger partial charge >= 0.3 is 0 Å². The van der Waals surface area contributed by atoms with Gasteiger partial charge in [-0.25, -0.2) is 28.7 Å². The van der Waals surface area contributed by atoms with Crippen LogP contribution in [0.5, 0.6) is 0 Å². The summed E-state index contributed by atoms with van der Waals surface area (Å²) in [6.45, 7) is 2.40. The second-order valence-corrected chi connectivity index (χ2v) is 8.20. The molecule has 1 N–H and O–H groups in total. The Morgan fingerprint density at radius 2 is 1.81 bits per heavy atom. The Hall–Kier alpha value is -3.20. The van der Waals surface area contributed by atoms with Crippen molar-refractivity contribution in [3.63, 3.8) is 0 Å². The molecule has 1 unspecified atom stereocenters. The van der Waals surface area contributed by atoms with Gasteiger partial charge in [0.1, 0.15) is 18.0 Å². The molecule has 0 aliphatic heterocycles. The molecular weight excluding hydrogens is 430 g/mol. The smallest absolute Gasteiger partial charge is 0.264 e. The van der Waals surface area contributed by atoms with Crippen LogP contribution in [0.1, 0.15) is 29.3 Å². The van der Waals surface area contributed by atoms with Gasteiger partial charge in [0.05, 0.1) is 11.2 Å². The lowest BCUT2D eigenvalue weighted by molar-refractivity contribution is 0.153. The van der Waals surface area contributed by atoms with E-state index in [2.05, 4.69) is 30.2 Å². The minimum Gasteiger partial charge on any atom is -0.369 e. The summed E-state index contributed by atoms with van der Waals surface area (Å²) in [5, 5.41) is 3.87. The molecule has 1 atom stereocenters. The van der Waals surface area contributed by atoms with Crippen LogP contribution in [0.2, 0.25) is 0 Å². The molecule has 0 saturated carbocycles. The second kappa shape index (κ2) is 9.95. The van der Waals surface area contributed by atoms with Crippen molar-refractivity contribution in [3.05, 3.63) is 72.2 Å². The zero-order chi connectivity index (χ0) is 22.5. The minimum absolute atomic E-state index is 0.00784. The van der Waals surface area contributed by atoms with Crippen molar-refractivity contribution in [2.24, 2.45) is 0 Å². The van der Waals surface area contributed by atoms with Crippen LogP contribution in [0.25, 0.3) is 22.2 Å². The number of nitrogens with zero attached hydrogens (tertiary/aromatic N) is 5. The van der Waals surface area contributed by atoms with Crippen LogP contribution in [-0.4, -0.2) is 43.5 Å². The predicted molar refractivity (Wildman–Crippen MR) is 124 cm³/mol. The molecule has 0 radical (unpaired) electrons. The molecular formula is C23H22F2N6S. The number of benzene rings is 1. The molecule has 9 heteroatoms. The Morgan fingerprint density at radius 3 is 2.56 bits per heavy atom.